The molecule has 0 aromatic heterocycles. The second kappa shape index (κ2) is 11.7. The topological polar surface area (TPSA) is 97.3 Å². The summed E-state index contributed by atoms with van der Waals surface area (Å²) in [6, 6.07) is 0. The van der Waals surface area contributed by atoms with E-state index in [1.165, 1.54) is 6.42 Å². The van der Waals surface area contributed by atoms with Gasteiger partial charge in [0.25, 0.3) is 0 Å². The van der Waals surface area contributed by atoms with Crippen molar-refractivity contribution in [3.63, 3.8) is 0 Å². The van der Waals surface area contributed by atoms with Crippen LogP contribution < -0.4 is 5.32 Å². The highest BCUT2D eigenvalue weighted by atomic mass is 16.7. The molecule has 2 saturated heterocycles. The van der Waals surface area contributed by atoms with Gasteiger partial charge in [-0.15, -0.1) is 0 Å². The Labute approximate surface area is 278 Å². The highest BCUT2D eigenvalue weighted by molar-refractivity contribution is 5.78. The van der Waals surface area contributed by atoms with Crippen LogP contribution in [0.15, 0.2) is 0 Å². The fraction of sp³-hybridized carbons (Fsp3) is 0.947. The van der Waals surface area contributed by atoms with Crippen LogP contribution in [0, 0.1) is 56.7 Å². The lowest BCUT2D eigenvalue weighted by molar-refractivity contribution is -0.283. The fourth-order valence-electron chi connectivity index (χ4n) is 13.1. The normalized spacial score (nSPS) is 49.8. The number of carbonyl (C=O) groups excluding carboxylic acids is 2. The summed E-state index contributed by atoms with van der Waals surface area (Å²) in [5, 5.41) is 15.4. The van der Waals surface area contributed by atoms with E-state index in [1.54, 1.807) is 6.92 Å². The molecule has 8 nitrogen and oxygen atoms in total. The molecule has 2 aliphatic heterocycles. The lowest BCUT2D eigenvalue weighted by atomic mass is 9.32. The Balaban J connectivity index is 1.23. The van der Waals surface area contributed by atoms with E-state index in [-0.39, 0.29) is 69.4 Å². The summed E-state index contributed by atoms with van der Waals surface area (Å²) in [6.07, 6.45) is 6.44. The standard InChI is InChI=1S/C38H64N2O6/c1-22(2)33(43)40-17-18-44-29(21-40)46-28-13-14-35(7)26(34(28,5)6)11-12-27-36(35,8)15-16-37(9)30-23(3)19-25(20-39-24(4)41)45-31(30)32(42)38(27,37)10/h22-23,25-32,42H,11-21H2,1-10H3,(H,39,41)/t23-,25-,26+,27-,28+,29+,30?,31+,32+,35+,36-,37-,38-/m1/s1. The van der Waals surface area contributed by atoms with Crippen LogP contribution in [0.25, 0.3) is 0 Å². The molecule has 0 aromatic rings. The van der Waals surface area contributed by atoms with E-state index < -0.39 is 6.10 Å². The SMILES string of the molecule is CC(=O)NC[C@H]1C[C@@H](C)C2[C@H](O1)[C@H](O)[C@@]1(C)[C@@H]3CC[C@H]4C(C)(C)[C@@H](O[C@H]5CN(C(=O)C(C)C)CCO5)CC[C@]4(C)[C@]3(C)CC[C@]21C. The zero-order valence-corrected chi connectivity index (χ0v) is 30.5. The molecule has 2 amide bonds. The number of amides is 2. The maximum Gasteiger partial charge on any atom is 0.225 e. The maximum atomic E-state index is 12.8. The average molecular weight is 645 g/mol. The second-order valence-electron chi connectivity index (χ2n) is 18.3. The Morgan fingerprint density at radius 3 is 2.30 bits per heavy atom. The largest absolute Gasteiger partial charge is 0.390 e. The van der Waals surface area contributed by atoms with Crippen LogP contribution in [0.5, 0.6) is 0 Å². The van der Waals surface area contributed by atoms with Crippen molar-refractivity contribution in [2.45, 2.75) is 145 Å². The van der Waals surface area contributed by atoms with Gasteiger partial charge in [-0.25, -0.2) is 0 Å². The van der Waals surface area contributed by atoms with Gasteiger partial charge in [0.15, 0.2) is 6.29 Å². The minimum absolute atomic E-state index is 0.00368. The summed E-state index contributed by atoms with van der Waals surface area (Å²) in [5.41, 5.74) is -0.101. The summed E-state index contributed by atoms with van der Waals surface area (Å²) >= 11 is 0. The number of rotatable bonds is 5. The molecule has 8 heteroatoms. The molecule has 6 aliphatic rings. The summed E-state index contributed by atoms with van der Waals surface area (Å²) in [7, 11) is 0. The minimum atomic E-state index is -0.525. The van der Waals surface area contributed by atoms with E-state index in [4.69, 9.17) is 14.2 Å². The van der Waals surface area contributed by atoms with Gasteiger partial charge in [0.1, 0.15) is 0 Å². The lowest BCUT2D eigenvalue weighted by Gasteiger charge is -2.72. The van der Waals surface area contributed by atoms with E-state index in [9.17, 15) is 14.7 Å². The van der Waals surface area contributed by atoms with E-state index in [0.29, 0.717) is 49.9 Å². The summed E-state index contributed by atoms with van der Waals surface area (Å²) in [4.78, 5) is 26.4. The molecule has 4 aliphatic carbocycles. The first-order chi connectivity index (χ1) is 21.4. The Hall–Kier alpha value is -1.22. The van der Waals surface area contributed by atoms with Crippen LogP contribution in [-0.4, -0.2) is 78.8 Å². The fourth-order valence-corrected chi connectivity index (χ4v) is 13.1. The number of aliphatic hydroxyl groups excluding tert-OH is 1. The third kappa shape index (κ3) is 4.87. The molecule has 2 heterocycles. The number of nitrogens with one attached hydrogen (secondary N) is 1. The van der Waals surface area contributed by atoms with Crippen LogP contribution in [0.3, 0.4) is 0 Å². The first kappa shape index (κ1) is 34.6. The molecule has 6 fully saturated rings. The highest BCUT2D eigenvalue weighted by Crippen LogP contribution is 2.79. The van der Waals surface area contributed by atoms with Crippen molar-refractivity contribution in [3.05, 3.63) is 0 Å². The maximum absolute atomic E-state index is 12.8. The zero-order valence-electron chi connectivity index (χ0n) is 30.5. The van der Waals surface area contributed by atoms with Crippen molar-refractivity contribution in [1.82, 2.24) is 10.2 Å². The van der Waals surface area contributed by atoms with E-state index in [0.717, 1.165) is 38.5 Å². The van der Waals surface area contributed by atoms with Gasteiger partial charge in [0, 0.05) is 31.3 Å². The van der Waals surface area contributed by atoms with Crippen LogP contribution >= 0.6 is 0 Å². The van der Waals surface area contributed by atoms with Gasteiger partial charge in [0.2, 0.25) is 11.8 Å². The number of aliphatic hydroxyl groups is 1. The van der Waals surface area contributed by atoms with Gasteiger partial charge < -0.3 is 29.5 Å². The number of morpholine rings is 1. The van der Waals surface area contributed by atoms with Crippen molar-refractivity contribution < 1.29 is 28.9 Å². The molecular weight excluding hydrogens is 580 g/mol. The minimum Gasteiger partial charge on any atom is -0.390 e. The number of carbonyl (C=O) groups is 2. The molecule has 13 atom stereocenters. The molecule has 1 unspecified atom stereocenters. The van der Waals surface area contributed by atoms with Gasteiger partial charge in [-0.05, 0) is 90.3 Å². The van der Waals surface area contributed by atoms with Crippen molar-refractivity contribution >= 4 is 11.8 Å². The van der Waals surface area contributed by atoms with Crippen molar-refractivity contribution in [2.24, 2.45) is 56.7 Å². The molecule has 0 aromatic carbocycles. The second-order valence-corrected chi connectivity index (χ2v) is 18.3. The van der Waals surface area contributed by atoms with E-state index in [2.05, 4.69) is 53.8 Å². The van der Waals surface area contributed by atoms with Gasteiger partial charge in [-0.2, -0.15) is 0 Å². The molecule has 0 radical (unpaired) electrons. The van der Waals surface area contributed by atoms with Crippen LogP contribution in [-0.2, 0) is 23.8 Å². The smallest absolute Gasteiger partial charge is 0.225 e. The molecule has 46 heavy (non-hydrogen) atoms. The number of hydrogen-bond donors (Lipinski definition) is 2. The van der Waals surface area contributed by atoms with Gasteiger partial charge in [-0.1, -0.05) is 62.3 Å². The third-order valence-corrected chi connectivity index (χ3v) is 15.7. The summed E-state index contributed by atoms with van der Waals surface area (Å²) < 4.78 is 19.7. The average Bonchev–Trinajstić information content (AvgIpc) is 3.17. The number of nitrogens with zero attached hydrogens (tertiary/aromatic N) is 1. The van der Waals surface area contributed by atoms with Gasteiger partial charge >= 0.3 is 0 Å². The van der Waals surface area contributed by atoms with Gasteiger partial charge in [0.05, 0.1) is 37.6 Å². The molecule has 262 valence electrons. The first-order valence-electron chi connectivity index (χ1n) is 18.6. The molecule has 4 saturated carbocycles. The molecular formula is C38H64N2O6. The molecule has 2 N–H and O–H groups in total. The Morgan fingerprint density at radius 1 is 0.978 bits per heavy atom. The van der Waals surface area contributed by atoms with Crippen molar-refractivity contribution in [3.8, 4) is 0 Å². The molecule has 6 rings (SSSR count). The van der Waals surface area contributed by atoms with E-state index >= 15 is 0 Å². The third-order valence-electron chi connectivity index (χ3n) is 15.7. The monoisotopic (exact) mass is 644 g/mol. The Bertz CT molecular complexity index is 1190. The first-order valence-corrected chi connectivity index (χ1v) is 18.6. The number of ether oxygens (including phenoxy) is 3. The summed E-state index contributed by atoms with van der Waals surface area (Å²) in [6.45, 7) is 24.9. The number of fused-ring (bicyclic) bond motifs is 7. The predicted molar refractivity (Wildman–Crippen MR) is 178 cm³/mol. The van der Waals surface area contributed by atoms with Gasteiger partial charge in [-0.3, -0.25) is 9.59 Å². The van der Waals surface area contributed by atoms with E-state index in [1.807, 2.05) is 18.7 Å². The Kier molecular flexibility index (Phi) is 8.80. The lowest BCUT2D eigenvalue weighted by Crippen LogP contribution is -2.68. The Morgan fingerprint density at radius 2 is 1.63 bits per heavy atom. The van der Waals surface area contributed by atoms with Crippen molar-refractivity contribution in [1.29, 1.82) is 0 Å². The quantitative estimate of drug-likeness (QED) is 0.393. The summed E-state index contributed by atoms with van der Waals surface area (Å²) in [5.74, 6) is 1.75. The number of hydrogen-bond acceptors (Lipinski definition) is 6. The molecule has 0 bridgehead atoms. The zero-order chi connectivity index (χ0) is 33.6. The van der Waals surface area contributed by atoms with Crippen molar-refractivity contribution in [2.75, 3.05) is 26.2 Å². The predicted octanol–water partition coefficient (Wildman–Crippen LogP) is 5.80. The van der Waals surface area contributed by atoms with Crippen LogP contribution in [0.1, 0.15) is 114 Å². The van der Waals surface area contributed by atoms with Crippen LogP contribution in [0.2, 0.25) is 0 Å². The molecule has 0 spiro atoms. The highest BCUT2D eigenvalue weighted by Gasteiger charge is 2.76. The van der Waals surface area contributed by atoms with Crippen LogP contribution in [0.4, 0.5) is 0 Å².